The second kappa shape index (κ2) is 6.64. The molecule has 0 aliphatic carbocycles. The predicted molar refractivity (Wildman–Crippen MR) is 81.2 cm³/mol. The topological polar surface area (TPSA) is 75.6 Å². The minimum Gasteiger partial charge on any atom is -0.316 e. The Morgan fingerprint density at radius 1 is 1.43 bits per heavy atom. The third-order valence-electron chi connectivity index (χ3n) is 3.39. The summed E-state index contributed by atoms with van der Waals surface area (Å²) in [4.78, 5) is 7.85. The molecule has 1 atom stereocenters. The van der Waals surface area contributed by atoms with Crippen LogP contribution in [0.25, 0.3) is 0 Å². The lowest BCUT2D eigenvalue weighted by Crippen LogP contribution is -2.47. The molecule has 1 unspecified atom stereocenters. The fourth-order valence-corrected chi connectivity index (χ4v) is 2.53. The second-order valence-corrected chi connectivity index (χ2v) is 5.95. The van der Waals surface area contributed by atoms with Gasteiger partial charge in [-0.15, -0.1) is 0 Å². The summed E-state index contributed by atoms with van der Waals surface area (Å²) >= 11 is 3.12. The summed E-state index contributed by atoms with van der Waals surface area (Å²) < 4.78 is 41.8. The molecular weight excluding hydrogens is 373 g/mol. The van der Waals surface area contributed by atoms with E-state index < -0.39 is 24.2 Å². The molecule has 0 fully saturated rings. The molecule has 23 heavy (non-hydrogen) atoms. The lowest BCUT2D eigenvalue weighted by Gasteiger charge is -2.29. The van der Waals surface area contributed by atoms with E-state index in [1.54, 1.807) is 6.92 Å². The van der Waals surface area contributed by atoms with Crippen LogP contribution in [0.2, 0.25) is 0 Å². The van der Waals surface area contributed by atoms with Gasteiger partial charge in [-0.05, 0) is 25.1 Å². The number of alkyl halides is 2. The zero-order chi connectivity index (χ0) is 17.2. The van der Waals surface area contributed by atoms with Gasteiger partial charge >= 0.3 is 0 Å². The lowest BCUT2D eigenvalue weighted by atomic mass is 9.85. The Labute approximate surface area is 139 Å². The molecule has 2 rings (SSSR count). The highest BCUT2D eigenvalue weighted by Crippen LogP contribution is 2.33. The number of rotatable bonds is 4. The Balaban J connectivity index is 2.57. The van der Waals surface area contributed by atoms with Crippen molar-refractivity contribution in [2.24, 2.45) is 5.73 Å². The van der Waals surface area contributed by atoms with Crippen LogP contribution in [0.15, 0.2) is 28.9 Å². The molecule has 1 aromatic heterocycles. The molecule has 8 heteroatoms. The minimum absolute atomic E-state index is 0.0291. The van der Waals surface area contributed by atoms with E-state index in [4.69, 9.17) is 11.0 Å². The first-order valence-corrected chi connectivity index (χ1v) is 7.32. The monoisotopic (exact) mass is 384 g/mol. The van der Waals surface area contributed by atoms with Crippen LogP contribution in [0, 0.1) is 24.1 Å². The fraction of sp³-hybridized carbons (Fsp3) is 0.267. The first-order valence-electron chi connectivity index (χ1n) is 6.53. The van der Waals surface area contributed by atoms with Crippen LogP contribution in [0.4, 0.5) is 13.2 Å². The van der Waals surface area contributed by atoms with E-state index in [9.17, 15) is 13.2 Å². The number of aryl methyl sites for hydroxylation is 1. The third kappa shape index (κ3) is 3.51. The number of aromatic nitrogens is 2. The molecule has 0 spiro atoms. The van der Waals surface area contributed by atoms with Crippen LogP contribution >= 0.6 is 15.9 Å². The molecule has 1 aromatic carbocycles. The number of nitrogens with zero attached hydrogens (tertiary/aromatic N) is 3. The molecule has 120 valence electrons. The molecule has 0 aliphatic rings. The molecule has 2 aromatic rings. The second-order valence-electron chi connectivity index (χ2n) is 5.03. The van der Waals surface area contributed by atoms with Crippen molar-refractivity contribution in [3.63, 3.8) is 0 Å². The third-order valence-corrected chi connectivity index (χ3v) is 3.88. The van der Waals surface area contributed by atoms with Crippen molar-refractivity contribution in [1.82, 2.24) is 9.97 Å². The molecule has 4 nitrogen and oxygen atoms in total. The Morgan fingerprint density at radius 2 is 2.13 bits per heavy atom. The SMILES string of the molecule is Cc1ncc(C#N)c(CC(N)(c2cc(Br)ccc2F)C(F)F)n1. The van der Waals surface area contributed by atoms with E-state index in [0.29, 0.717) is 10.3 Å². The van der Waals surface area contributed by atoms with Crippen LogP contribution in [0.3, 0.4) is 0 Å². The molecule has 0 bridgehead atoms. The Hall–Kier alpha value is -1.98. The van der Waals surface area contributed by atoms with E-state index in [-0.39, 0.29) is 16.8 Å². The summed E-state index contributed by atoms with van der Waals surface area (Å²) in [6, 6.07) is 5.49. The van der Waals surface area contributed by atoms with Crippen molar-refractivity contribution >= 4 is 15.9 Å². The highest BCUT2D eigenvalue weighted by atomic mass is 79.9. The Bertz CT molecular complexity index is 776. The zero-order valence-corrected chi connectivity index (χ0v) is 13.6. The summed E-state index contributed by atoms with van der Waals surface area (Å²) in [7, 11) is 0. The van der Waals surface area contributed by atoms with E-state index in [1.807, 2.05) is 6.07 Å². The summed E-state index contributed by atoms with van der Waals surface area (Å²) in [5.41, 5.74) is 3.28. The van der Waals surface area contributed by atoms with Gasteiger partial charge < -0.3 is 5.73 Å². The van der Waals surface area contributed by atoms with E-state index in [0.717, 1.165) is 6.07 Å². The number of hydrogen-bond acceptors (Lipinski definition) is 4. The van der Waals surface area contributed by atoms with Gasteiger partial charge in [0.05, 0.1) is 11.3 Å². The van der Waals surface area contributed by atoms with Crippen molar-refractivity contribution in [2.45, 2.75) is 25.3 Å². The summed E-state index contributed by atoms with van der Waals surface area (Å²) in [6.07, 6.45) is -2.32. The molecule has 0 radical (unpaired) electrons. The van der Waals surface area contributed by atoms with Gasteiger partial charge in [-0.25, -0.2) is 23.1 Å². The van der Waals surface area contributed by atoms with Gasteiger partial charge in [0.25, 0.3) is 6.43 Å². The molecule has 0 aliphatic heterocycles. The normalized spacial score (nSPS) is 13.7. The predicted octanol–water partition coefficient (Wildman–Crippen LogP) is 3.22. The van der Waals surface area contributed by atoms with Crippen molar-refractivity contribution < 1.29 is 13.2 Å². The molecule has 2 N–H and O–H groups in total. The average molecular weight is 385 g/mol. The first kappa shape index (κ1) is 17.4. The van der Waals surface area contributed by atoms with Gasteiger partial charge in [0.1, 0.15) is 23.2 Å². The maximum atomic E-state index is 14.1. The molecule has 0 saturated carbocycles. The van der Waals surface area contributed by atoms with Crippen molar-refractivity contribution in [2.75, 3.05) is 0 Å². The van der Waals surface area contributed by atoms with Crippen LogP contribution < -0.4 is 5.73 Å². The fourth-order valence-electron chi connectivity index (χ4n) is 2.17. The highest BCUT2D eigenvalue weighted by Gasteiger charge is 2.41. The number of nitriles is 1. The smallest absolute Gasteiger partial charge is 0.260 e. The van der Waals surface area contributed by atoms with Crippen molar-refractivity contribution in [3.8, 4) is 6.07 Å². The summed E-state index contributed by atoms with van der Waals surface area (Å²) in [6.45, 7) is 1.56. The highest BCUT2D eigenvalue weighted by molar-refractivity contribution is 9.10. The van der Waals surface area contributed by atoms with Crippen LogP contribution in [-0.4, -0.2) is 16.4 Å². The Morgan fingerprint density at radius 3 is 2.74 bits per heavy atom. The zero-order valence-electron chi connectivity index (χ0n) is 12.0. The molecule has 0 saturated heterocycles. The van der Waals surface area contributed by atoms with Gasteiger partial charge in [0, 0.05) is 22.7 Å². The van der Waals surface area contributed by atoms with Gasteiger partial charge in [-0.1, -0.05) is 15.9 Å². The molecule has 1 heterocycles. The summed E-state index contributed by atoms with van der Waals surface area (Å²) in [5.74, 6) is -0.536. The van der Waals surface area contributed by atoms with Crippen molar-refractivity contribution in [3.05, 3.63) is 57.3 Å². The largest absolute Gasteiger partial charge is 0.316 e. The Kier molecular flexibility index (Phi) is 5.02. The molecule has 0 amide bonds. The van der Waals surface area contributed by atoms with Gasteiger partial charge in [0.2, 0.25) is 0 Å². The van der Waals surface area contributed by atoms with Crippen LogP contribution in [0.5, 0.6) is 0 Å². The number of halogens is 4. The quantitative estimate of drug-likeness (QED) is 0.877. The van der Waals surface area contributed by atoms with Crippen LogP contribution in [-0.2, 0) is 12.0 Å². The minimum atomic E-state index is -3.06. The number of hydrogen-bond donors (Lipinski definition) is 1. The lowest BCUT2D eigenvalue weighted by molar-refractivity contribution is 0.0490. The molecular formula is C15H12BrF3N4. The van der Waals surface area contributed by atoms with Crippen LogP contribution in [0.1, 0.15) is 22.6 Å². The van der Waals surface area contributed by atoms with Gasteiger partial charge in [-0.3, -0.25) is 0 Å². The number of nitrogens with two attached hydrogens (primary N) is 1. The first-order chi connectivity index (χ1) is 10.8. The standard InChI is InChI=1S/C15H12BrF3N4/c1-8-22-7-9(6-20)13(23-8)5-15(21,14(18)19)11-4-10(16)2-3-12(11)17/h2-4,7,14H,5,21H2,1H3. The average Bonchev–Trinajstić information content (AvgIpc) is 2.49. The van der Waals surface area contributed by atoms with Gasteiger partial charge in [-0.2, -0.15) is 5.26 Å². The maximum Gasteiger partial charge on any atom is 0.260 e. The van der Waals surface area contributed by atoms with E-state index in [2.05, 4.69) is 25.9 Å². The van der Waals surface area contributed by atoms with E-state index in [1.165, 1.54) is 18.3 Å². The van der Waals surface area contributed by atoms with E-state index >= 15 is 0 Å². The number of benzene rings is 1. The summed E-state index contributed by atoms with van der Waals surface area (Å²) in [5, 5.41) is 9.07. The van der Waals surface area contributed by atoms with Gasteiger partial charge in [0.15, 0.2) is 0 Å². The maximum absolute atomic E-state index is 14.1. The van der Waals surface area contributed by atoms with Crippen molar-refractivity contribution in [1.29, 1.82) is 5.26 Å².